The van der Waals surface area contributed by atoms with Crippen LogP contribution in [0.25, 0.3) is 0 Å². The summed E-state index contributed by atoms with van der Waals surface area (Å²) in [4.78, 5) is 12.5. The van der Waals surface area contributed by atoms with Gasteiger partial charge in [0, 0.05) is 19.8 Å². The van der Waals surface area contributed by atoms with Gasteiger partial charge in [-0.1, -0.05) is 36.8 Å². The number of hydrogen-bond acceptors (Lipinski definition) is 3. The number of benzene rings is 1. The number of rotatable bonds is 5. The minimum Gasteiger partial charge on any atom is -0.381 e. The highest BCUT2D eigenvalue weighted by atomic mass is 16.5. The summed E-state index contributed by atoms with van der Waals surface area (Å²) in [5.74, 6) is -0.00450. The zero-order valence-corrected chi connectivity index (χ0v) is 13.1. The molecule has 1 heterocycles. The molecule has 3 N–H and O–H groups in total. The van der Waals surface area contributed by atoms with E-state index in [0.29, 0.717) is 26.1 Å². The minimum atomic E-state index is -0.740. The molecule has 2 aliphatic rings. The smallest absolute Gasteiger partial charge is 0.240 e. The second kappa shape index (κ2) is 6.39. The molecule has 0 spiro atoms. The Kier molecular flexibility index (Phi) is 4.50. The maximum Gasteiger partial charge on any atom is 0.240 e. The minimum absolute atomic E-state index is 0.00450. The fourth-order valence-corrected chi connectivity index (χ4v) is 3.53. The van der Waals surface area contributed by atoms with Crippen LogP contribution in [-0.4, -0.2) is 31.2 Å². The zero-order valence-electron chi connectivity index (χ0n) is 13.1. The molecule has 0 bridgehead atoms. The molecule has 0 aromatic heterocycles. The summed E-state index contributed by atoms with van der Waals surface area (Å²) >= 11 is 0. The van der Waals surface area contributed by atoms with E-state index in [9.17, 15) is 4.79 Å². The molecule has 1 aliphatic heterocycles. The Balaban J connectivity index is 1.58. The van der Waals surface area contributed by atoms with Crippen molar-refractivity contribution in [1.29, 1.82) is 0 Å². The van der Waals surface area contributed by atoms with Gasteiger partial charge in [-0.05, 0) is 43.1 Å². The lowest BCUT2D eigenvalue weighted by Crippen LogP contribution is -2.58. The average Bonchev–Trinajstić information content (AvgIpc) is 2.51. The maximum absolute atomic E-state index is 12.5. The van der Waals surface area contributed by atoms with Crippen LogP contribution < -0.4 is 11.1 Å². The van der Waals surface area contributed by atoms with E-state index < -0.39 is 5.54 Å². The zero-order chi connectivity index (χ0) is 15.5. The van der Waals surface area contributed by atoms with Gasteiger partial charge in [0.25, 0.3) is 0 Å². The third-order valence-electron chi connectivity index (χ3n) is 5.30. The summed E-state index contributed by atoms with van der Waals surface area (Å²) < 4.78 is 5.31. The number of amides is 1. The normalized spacial score (nSPS) is 22.6. The predicted octanol–water partition coefficient (Wildman–Crippen LogP) is 2.02. The van der Waals surface area contributed by atoms with Gasteiger partial charge in [-0.3, -0.25) is 4.79 Å². The first-order valence-electron chi connectivity index (χ1n) is 8.31. The number of nitrogens with one attached hydrogen (secondary N) is 1. The maximum atomic E-state index is 12.5. The molecule has 1 saturated heterocycles. The Labute approximate surface area is 132 Å². The third-order valence-corrected chi connectivity index (χ3v) is 5.30. The van der Waals surface area contributed by atoms with E-state index >= 15 is 0 Å². The van der Waals surface area contributed by atoms with Crippen molar-refractivity contribution in [3.05, 3.63) is 35.9 Å². The van der Waals surface area contributed by atoms with Gasteiger partial charge in [0.05, 0.1) is 5.54 Å². The van der Waals surface area contributed by atoms with Gasteiger partial charge < -0.3 is 15.8 Å². The van der Waals surface area contributed by atoms with Crippen LogP contribution in [0.15, 0.2) is 30.3 Å². The molecule has 0 radical (unpaired) electrons. The van der Waals surface area contributed by atoms with E-state index in [1.165, 1.54) is 24.8 Å². The van der Waals surface area contributed by atoms with E-state index in [2.05, 4.69) is 29.6 Å². The standard InChI is InChI=1S/C18H26N2O2/c19-18(9-11-22-12-10-18)16(21)20-14-17(7-4-8-17)13-15-5-2-1-3-6-15/h1-3,5-6H,4,7-14,19H2,(H,20,21). The topological polar surface area (TPSA) is 64.4 Å². The van der Waals surface area contributed by atoms with E-state index in [1.807, 2.05) is 6.07 Å². The predicted molar refractivity (Wildman–Crippen MR) is 86.4 cm³/mol. The van der Waals surface area contributed by atoms with Crippen LogP contribution in [-0.2, 0) is 16.0 Å². The van der Waals surface area contributed by atoms with Gasteiger partial charge in [-0.2, -0.15) is 0 Å². The number of nitrogens with two attached hydrogens (primary N) is 1. The molecular weight excluding hydrogens is 276 g/mol. The SMILES string of the molecule is NC1(C(=O)NCC2(Cc3ccccc3)CCC2)CCOCC1. The van der Waals surface area contributed by atoms with Crippen LogP contribution in [0, 0.1) is 5.41 Å². The lowest BCUT2D eigenvalue weighted by molar-refractivity contribution is -0.130. The fourth-order valence-electron chi connectivity index (χ4n) is 3.53. The molecule has 4 nitrogen and oxygen atoms in total. The molecule has 22 heavy (non-hydrogen) atoms. The van der Waals surface area contributed by atoms with Crippen molar-refractivity contribution in [2.75, 3.05) is 19.8 Å². The Morgan fingerprint density at radius 2 is 1.82 bits per heavy atom. The quantitative estimate of drug-likeness (QED) is 0.874. The van der Waals surface area contributed by atoms with Gasteiger partial charge in [-0.25, -0.2) is 0 Å². The Hall–Kier alpha value is -1.39. The number of carbonyl (C=O) groups is 1. The van der Waals surface area contributed by atoms with E-state index in [0.717, 1.165) is 13.0 Å². The van der Waals surface area contributed by atoms with Crippen LogP contribution in [0.1, 0.15) is 37.7 Å². The largest absolute Gasteiger partial charge is 0.381 e. The molecule has 1 saturated carbocycles. The van der Waals surface area contributed by atoms with Crippen molar-refractivity contribution in [3.63, 3.8) is 0 Å². The molecule has 120 valence electrons. The first-order chi connectivity index (χ1) is 10.6. The van der Waals surface area contributed by atoms with Gasteiger partial charge in [0.15, 0.2) is 0 Å². The highest BCUT2D eigenvalue weighted by molar-refractivity contribution is 5.86. The molecule has 4 heteroatoms. The molecule has 1 aromatic rings. The monoisotopic (exact) mass is 302 g/mol. The van der Waals surface area contributed by atoms with Crippen LogP contribution in [0.4, 0.5) is 0 Å². The molecule has 0 unspecified atom stereocenters. The van der Waals surface area contributed by atoms with Crippen LogP contribution >= 0.6 is 0 Å². The molecule has 2 fully saturated rings. The van der Waals surface area contributed by atoms with Gasteiger partial charge in [0.2, 0.25) is 5.91 Å². The molecule has 1 amide bonds. The highest BCUT2D eigenvalue weighted by Gasteiger charge is 2.40. The third kappa shape index (κ3) is 3.33. The molecule has 1 aliphatic carbocycles. The van der Waals surface area contributed by atoms with Crippen molar-refractivity contribution in [2.45, 2.75) is 44.1 Å². The van der Waals surface area contributed by atoms with Gasteiger partial charge in [-0.15, -0.1) is 0 Å². The molecular formula is C18H26N2O2. The first-order valence-corrected chi connectivity index (χ1v) is 8.31. The molecule has 0 atom stereocenters. The first kappa shape index (κ1) is 15.5. The number of hydrogen-bond donors (Lipinski definition) is 2. The molecule has 3 rings (SSSR count). The van der Waals surface area contributed by atoms with Gasteiger partial charge >= 0.3 is 0 Å². The summed E-state index contributed by atoms with van der Waals surface area (Å²) in [6.45, 7) is 1.90. The van der Waals surface area contributed by atoms with Crippen LogP contribution in [0.5, 0.6) is 0 Å². The summed E-state index contributed by atoms with van der Waals surface area (Å²) in [5.41, 5.74) is 7.08. The molecule has 1 aromatic carbocycles. The van der Waals surface area contributed by atoms with Crippen molar-refractivity contribution < 1.29 is 9.53 Å². The van der Waals surface area contributed by atoms with Crippen molar-refractivity contribution in [1.82, 2.24) is 5.32 Å². The van der Waals surface area contributed by atoms with Crippen molar-refractivity contribution >= 4 is 5.91 Å². The summed E-state index contributed by atoms with van der Waals surface area (Å²) in [5, 5.41) is 3.14. The van der Waals surface area contributed by atoms with Gasteiger partial charge in [0.1, 0.15) is 0 Å². The second-order valence-corrected chi connectivity index (χ2v) is 6.97. The Morgan fingerprint density at radius 3 is 2.41 bits per heavy atom. The average molecular weight is 302 g/mol. The van der Waals surface area contributed by atoms with Crippen molar-refractivity contribution in [2.24, 2.45) is 11.1 Å². The lowest BCUT2D eigenvalue weighted by atomic mass is 9.65. The van der Waals surface area contributed by atoms with E-state index in [1.54, 1.807) is 0 Å². The highest BCUT2D eigenvalue weighted by Crippen LogP contribution is 2.43. The Morgan fingerprint density at radius 1 is 1.14 bits per heavy atom. The summed E-state index contributed by atoms with van der Waals surface area (Å²) in [7, 11) is 0. The number of ether oxygens (including phenoxy) is 1. The Bertz CT molecular complexity index is 505. The van der Waals surface area contributed by atoms with Crippen LogP contribution in [0.2, 0.25) is 0 Å². The fraction of sp³-hybridized carbons (Fsp3) is 0.611. The summed E-state index contributed by atoms with van der Waals surface area (Å²) in [6, 6.07) is 10.5. The lowest BCUT2D eigenvalue weighted by Gasteiger charge is -2.43. The number of carbonyl (C=O) groups excluding carboxylic acids is 1. The van der Waals surface area contributed by atoms with Crippen LogP contribution in [0.3, 0.4) is 0 Å². The van der Waals surface area contributed by atoms with Crippen molar-refractivity contribution in [3.8, 4) is 0 Å². The van der Waals surface area contributed by atoms with E-state index in [4.69, 9.17) is 10.5 Å². The second-order valence-electron chi connectivity index (χ2n) is 6.97. The van der Waals surface area contributed by atoms with E-state index in [-0.39, 0.29) is 11.3 Å². The summed E-state index contributed by atoms with van der Waals surface area (Å²) in [6.07, 6.45) is 5.89.